The number of carbonyl (C=O) groups excluding carboxylic acids is 1. The van der Waals surface area contributed by atoms with Crippen LogP contribution in [-0.2, 0) is 6.61 Å². The molecule has 130 valence electrons. The van der Waals surface area contributed by atoms with E-state index in [1.807, 2.05) is 6.07 Å². The van der Waals surface area contributed by atoms with Gasteiger partial charge < -0.3 is 9.47 Å². The zero-order valence-corrected chi connectivity index (χ0v) is 13.7. The highest BCUT2D eigenvalue weighted by atomic mass is 16.6. The highest BCUT2D eigenvalue weighted by Crippen LogP contribution is 2.22. The molecule has 6 nitrogen and oxygen atoms in total. The Labute approximate surface area is 149 Å². The number of esters is 1. The lowest BCUT2D eigenvalue weighted by Crippen LogP contribution is -2.10. The van der Waals surface area contributed by atoms with Crippen LogP contribution in [0.4, 0.5) is 5.69 Å². The monoisotopic (exact) mass is 349 g/mol. The largest absolute Gasteiger partial charge is 0.488 e. The van der Waals surface area contributed by atoms with Crippen molar-refractivity contribution in [3.63, 3.8) is 0 Å². The van der Waals surface area contributed by atoms with Gasteiger partial charge in [0.05, 0.1) is 4.92 Å². The van der Waals surface area contributed by atoms with E-state index < -0.39 is 10.9 Å². The van der Waals surface area contributed by atoms with Crippen LogP contribution in [-0.4, -0.2) is 10.9 Å². The van der Waals surface area contributed by atoms with E-state index in [4.69, 9.17) is 9.47 Å². The van der Waals surface area contributed by atoms with Crippen LogP contribution < -0.4 is 9.47 Å². The second-order valence-electron chi connectivity index (χ2n) is 5.41. The van der Waals surface area contributed by atoms with Crippen molar-refractivity contribution < 1.29 is 19.2 Å². The summed E-state index contributed by atoms with van der Waals surface area (Å²) < 4.78 is 11.1. The number of para-hydroxylation sites is 2. The summed E-state index contributed by atoms with van der Waals surface area (Å²) in [5.74, 6) is 0.310. The number of benzene rings is 3. The number of hydrogen-bond acceptors (Lipinski definition) is 5. The molecule has 0 saturated carbocycles. The lowest BCUT2D eigenvalue weighted by molar-refractivity contribution is -0.384. The number of non-ortho nitro benzene ring substituents is 1. The Kier molecular flexibility index (Phi) is 5.24. The van der Waals surface area contributed by atoms with Gasteiger partial charge in [0.1, 0.15) is 23.7 Å². The minimum Gasteiger partial charge on any atom is -0.488 e. The molecule has 0 fully saturated rings. The van der Waals surface area contributed by atoms with Gasteiger partial charge in [0.2, 0.25) is 0 Å². The van der Waals surface area contributed by atoms with Crippen LogP contribution in [0, 0.1) is 10.1 Å². The third-order valence-corrected chi connectivity index (χ3v) is 3.60. The minimum absolute atomic E-state index is 0.0144. The molecule has 0 aliphatic carbocycles. The Hall–Kier alpha value is -3.67. The van der Waals surface area contributed by atoms with Gasteiger partial charge in [-0.3, -0.25) is 10.1 Å². The van der Waals surface area contributed by atoms with Crippen molar-refractivity contribution in [1.82, 2.24) is 0 Å². The fourth-order valence-electron chi connectivity index (χ4n) is 2.29. The summed E-state index contributed by atoms with van der Waals surface area (Å²) in [5.41, 5.74) is 1.07. The molecular weight excluding hydrogens is 334 g/mol. The highest BCUT2D eigenvalue weighted by molar-refractivity contribution is 5.93. The van der Waals surface area contributed by atoms with E-state index in [9.17, 15) is 14.9 Å². The van der Waals surface area contributed by atoms with Crippen LogP contribution in [0.2, 0.25) is 0 Å². The van der Waals surface area contributed by atoms with Crippen LogP contribution in [0.1, 0.15) is 15.9 Å². The Morgan fingerprint density at radius 3 is 2.23 bits per heavy atom. The van der Waals surface area contributed by atoms with E-state index in [0.717, 1.165) is 5.56 Å². The molecule has 26 heavy (non-hydrogen) atoms. The number of carbonyl (C=O) groups is 1. The number of nitro groups is 1. The third-order valence-electron chi connectivity index (χ3n) is 3.60. The maximum Gasteiger partial charge on any atom is 0.347 e. The zero-order valence-electron chi connectivity index (χ0n) is 13.7. The number of rotatable bonds is 6. The summed E-state index contributed by atoms with van der Waals surface area (Å²) >= 11 is 0. The molecule has 0 saturated heterocycles. The fraction of sp³-hybridized carbons (Fsp3) is 0.0500. The van der Waals surface area contributed by atoms with Gasteiger partial charge in [-0.1, -0.05) is 30.3 Å². The minimum atomic E-state index is -0.518. The van der Waals surface area contributed by atoms with Gasteiger partial charge in [-0.15, -0.1) is 0 Å². The number of ether oxygens (including phenoxy) is 2. The topological polar surface area (TPSA) is 78.7 Å². The van der Waals surface area contributed by atoms with Crippen LogP contribution in [0.5, 0.6) is 11.5 Å². The number of nitro benzene ring substituents is 1. The van der Waals surface area contributed by atoms with Crippen molar-refractivity contribution in [2.75, 3.05) is 0 Å². The fourth-order valence-corrected chi connectivity index (χ4v) is 2.29. The third kappa shape index (κ3) is 4.24. The molecule has 3 aromatic rings. The summed E-state index contributed by atoms with van der Waals surface area (Å²) in [6, 6.07) is 21.6. The zero-order chi connectivity index (χ0) is 18.4. The van der Waals surface area contributed by atoms with Crippen molar-refractivity contribution in [2.24, 2.45) is 0 Å². The van der Waals surface area contributed by atoms with E-state index in [0.29, 0.717) is 17.1 Å². The lowest BCUT2D eigenvalue weighted by atomic mass is 10.2. The summed E-state index contributed by atoms with van der Waals surface area (Å²) in [6.07, 6.45) is 0. The molecule has 6 heteroatoms. The van der Waals surface area contributed by atoms with Crippen LogP contribution in [0.25, 0.3) is 0 Å². The Morgan fingerprint density at radius 2 is 1.54 bits per heavy atom. The summed E-state index contributed by atoms with van der Waals surface area (Å²) in [5, 5.41) is 10.7. The summed E-state index contributed by atoms with van der Waals surface area (Å²) in [4.78, 5) is 22.6. The van der Waals surface area contributed by atoms with Gasteiger partial charge >= 0.3 is 5.97 Å². The molecule has 3 rings (SSSR count). The molecule has 0 aliphatic heterocycles. The molecule has 0 heterocycles. The molecule has 0 unspecified atom stereocenters. The summed E-state index contributed by atoms with van der Waals surface area (Å²) in [7, 11) is 0. The standard InChI is InChI=1S/C20H15NO5/c22-20(26-17-6-2-1-3-7-17)18-8-4-5-9-19(18)25-14-15-10-12-16(13-11-15)21(23)24/h1-13H,14H2. The molecule has 3 aromatic carbocycles. The van der Waals surface area contributed by atoms with E-state index in [1.54, 1.807) is 60.7 Å². The van der Waals surface area contributed by atoms with Crippen LogP contribution in [0.3, 0.4) is 0 Å². The van der Waals surface area contributed by atoms with Crippen molar-refractivity contribution >= 4 is 11.7 Å². The molecule has 0 N–H and O–H groups in total. The van der Waals surface area contributed by atoms with Gasteiger partial charge in [-0.25, -0.2) is 4.79 Å². The molecule has 0 bridgehead atoms. The van der Waals surface area contributed by atoms with Crippen molar-refractivity contribution in [3.05, 3.63) is 100 Å². The van der Waals surface area contributed by atoms with E-state index >= 15 is 0 Å². The van der Waals surface area contributed by atoms with Crippen molar-refractivity contribution in [2.45, 2.75) is 6.61 Å². The number of hydrogen-bond donors (Lipinski definition) is 0. The van der Waals surface area contributed by atoms with E-state index in [-0.39, 0.29) is 12.3 Å². The van der Waals surface area contributed by atoms with E-state index in [1.165, 1.54) is 12.1 Å². The second kappa shape index (κ2) is 7.94. The molecular formula is C20H15NO5. The first-order valence-corrected chi connectivity index (χ1v) is 7.86. The molecule has 0 aliphatic rings. The van der Waals surface area contributed by atoms with Crippen LogP contribution in [0.15, 0.2) is 78.9 Å². The predicted molar refractivity (Wildman–Crippen MR) is 95.3 cm³/mol. The molecule has 0 amide bonds. The lowest BCUT2D eigenvalue weighted by Gasteiger charge is -2.11. The number of nitrogens with zero attached hydrogens (tertiary/aromatic N) is 1. The average molecular weight is 349 g/mol. The highest BCUT2D eigenvalue weighted by Gasteiger charge is 2.15. The van der Waals surface area contributed by atoms with Crippen LogP contribution >= 0.6 is 0 Å². The van der Waals surface area contributed by atoms with E-state index in [2.05, 4.69) is 0 Å². The van der Waals surface area contributed by atoms with Crippen molar-refractivity contribution in [3.8, 4) is 11.5 Å². The normalized spacial score (nSPS) is 10.2. The first kappa shape index (κ1) is 17.2. The molecule has 0 radical (unpaired) electrons. The maximum absolute atomic E-state index is 12.4. The van der Waals surface area contributed by atoms with Gasteiger partial charge in [0.25, 0.3) is 5.69 Å². The first-order chi connectivity index (χ1) is 12.6. The van der Waals surface area contributed by atoms with Gasteiger partial charge in [0, 0.05) is 12.1 Å². The van der Waals surface area contributed by atoms with Crippen molar-refractivity contribution in [1.29, 1.82) is 0 Å². The smallest absolute Gasteiger partial charge is 0.347 e. The Bertz CT molecular complexity index is 907. The average Bonchev–Trinajstić information content (AvgIpc) is 2.67. The Morgan fingerprint density at radius 1 is 0.885 bits per heavy atom. The van der Waals surface area contributed by atoms with Gasteiger partial charge in [0.15, 0.2) is 0 Å². The molecule has 0 spiro atoms. The summed E-state index contributed by atoms with van der Waals surface area (Å²) in [6.45, 7) is 0.174. The quantitative estimate of drug-likeness (QED) is 0.285. The first-order valence-electron chi connectivity index (χ1n) is 7.86. The Balaban J connectivity index is 1.70. The maximum atomic E-state index is 12.4. The SMILES string of the molecule is O=C(Oc1ccccc1)c1ccccc1OCc1ccc([N+](=O)[O-])cc1. The van der Waals surface area contributed by atoms with Gasteiger partial charge in [-0.2, -0.15) is 0 Å². The molecule has 0 atom stereocenters. The predicted octanol–water partition coefficient (Wildman–Crippen LogP) is 4.39. The molecule has 0 aromatic heterocycles. The second-order valence-corrected chi connectivity index (χ2v) is 5.41. The van der Waals surface area contributed by atoms with Gasteiger partial charge in [-0.05, 0) is 42.0 Å².